The summed E-state index contributed by atoms with van der Waals surface area (Å²) in [6.45, 7) is 4.87. The summed E-state index contributed by atoms with van der Waals surface area (Å²) >= 11 is 0. The molecule has 0 aliphatic carbocycles. The molecular formula is C16H17N9. The lowest BCUT2D eigenvalue weighted by atomic mass is 10.0. The van der Waals surface area contributed by atoms with Crippen LogP contribution in [0.5, 0.6) is 0 Å². The number of H-pyrrole nitrogens is 1. The van der Waals surface area contributed by atoms with Crippen LogP contribution in [-0.4, -0.2) is 39.9 Å². The van der Waals surface area contributed by atoms with Crippen molar-refractivity contribution < 1.29 is 0 Å². The van der Waals surface area contributed by atoms with Crippen molar-refractivity contribution in [3.05, 3.63) is 48.4 Å². The topological polar surface area (TPSA) is 110 Å². The van der Waals surface area contributed by atoms with Crippen molar-refractivity contribution in [1.82, 2.24) is 39.9 Å². The van der Waals surface area contributed by atoms with Crippen molar-refractivity contribution in [2.24, 2.45) is 0 Å². The van der Waals surface area contributed by atoms with Crippen LogP contribution in [0.25, 0.3) is 17.0 Å². The minimum absolute atomic E-state index is 0.402. The van der Waals surface area contributed by atoms with E-state index in [-0.39, 0.29) is 0 Å². The van der Waals surface area contributed by atoms with Gasteiger partial charge in [0.05, 0.1) is 30.0 Å². The van der Waals surface area contributed by atoms with Crippen molar-refractivity contribution in [1.29, 1.82) is 0 Å². The average Bonchev–Trinajstić information content (AvgIpc) is 3.28. The molecule has 126 valence electrons. The third kappa shape index (κ3) is 2.80. The molecule has 0 bridgehead atoms. The zero-order valence-corrected chi connectivity index (χ0v) is 13.9. The van der Waals surface area contributed by atoms with Gasteiger partial charge in [0.25, 0.3) is 5.95 Å². The third-order valence-corrected chi connectivity index (χ3v) is 3.91. The van der Waals surface area contributed by atoms with Crippen LogP contribution in [0.15, 0.2) is 37.2 Å². The molecule has 0 saturated carbocycles. The normalized spacial score (nSPS) is 11.3. The van der Waals surface area contributed by atoms with E-state index in [2.05, 4.69) is 54.4 Å². The van der Waals surface area contributed by atoms with Gasteiger partial charge in [0.15, 0.2) is 5.65 Å². The first kappa shape index (κ1) is 15.2. The summed E-state index contributed by atoms with van der Waals surface area (Å²) < 4.78 is 1.60. The summed E-state index contributed by atoms with van der Waals surface area (Å²) in [5.74, 6) is 1.58. The van der Waals surface area contributed by atoms with Crippen LogP contribution in [0, 0.1) is 0 Å². The van der Waals surface area contributed by atoms with E-state index < -0.39 is 0 Å². The maximum atomic E-state index is 4.35. The Kier molecular flexibility index (Phi) is 3.81. The van der Waals surface area contributed by atoms with E-state index in [1.165, 1.54) is 11.9 Å². The first-order valence-corrected chi connectivity index (χ1v) is 7.96. The quantitative estimate of drug-likeness (QED) is 0.574. The molecule has 4 heterocycles. The molecule has 0 saturated heterocycles. The van der Waals surface area contributed by atoms with Gasteiger partial charge in [0, 0.05) is 12.4 Å². The third-order valence-electron chi connectivity index (χ3n) is 3.91. The number of rotatable bonds is 5. The molecule has 0 amide bonds. The molecule has 0 radical (unpaired) electrons. The SMILES string of the molecule is CC(C)c1cn[nH]c1CNc1ncnc2c1cnn2-c1ncccn1. The van der Waals surface area contributed by atoms with E-state index in [9.17, 15) is 0 Å². The molecule has 9 nitrogen and oxygen atoms in total. The molecular weight excluding hydrogens is 318 g/mol. The summed E-state index contributed by atoms with van der Waals surface area (Å²) in [5, 5.41) is 15.7. The fourth-order valence-electron chi connectivity index (χ4n) is 2.67. The molecule has 0 aliphatic heterocycles. The van der Waals surface area contributed by atoms with Gasteiger partial charge in [0.2, 0.25) is 0 Å². The van der Waals surface area contributed by atoms with Gasteiger partial charge in [0.1, 0.15) is 12.1 Å². The Morgan fingerprint density at radius 2 is 1.96 bits per heavy atom. The van der Waals surface area contributed by atoms with E-state index >= 15 is 0 Å². The number of nitrogens with one attached hydrogen (secondary N) is 2. The van der Waals surface area contributed by atoms with Crippen LogP contribution >= 0.6 is 0 Å². The van der Waals surface area contributed by atoms with Gasteiger partial charge in [-0.3, -0.25) is 5.10 Å². The predicted octanol–water partition coefficient (Wildman–Crippen LogP) is 2.06. The minimum Gasteiger partial charge on any atom is -0.364 e. The lowest BCUT2D eigenvalue weighted by Gasteiger charge is -2.08. The van der Waals surface area contributed by atoms with Crippen molar-refractivity contribution in [3.63, 3.8) is 0 Å². The standard InChI is InChI=1S/C16H17N9/c1-10(2)11-6-22-24-13(11)8-19-14-12-7-23-25(15(12)21-9-20-14)16-17-4-3-5-18-16/h3-7,9-10H,8H2,1-2H3,(H,22,24)(H,19,20,21). The number of nitrogens with zero attached hydrogens (tertiary/aromatic N) is 7. The van der Waals surface area contributed by atoms with E-state index in [0.717, 1.165) is 11.1 Å². The smallest absolute Gasteiger partial charge is 0.252 e. The molecule has 0 aliphatic rings. The largest absolute Gasteiger partial charge is 0.364 e. The Balaban J connectivity index is 1.65. The Morgan fingerprint density at radius 3 is 2.76 bits per heavy atom. The highest BCUT2D eigenvalue weighted by atomic mass is 15.4. The summed E-state index contributed by atoms with van der Waals surface area (Å²) in [6, 6.07) is 1.76. The lowest BCUT2D eigenvalue weighted by Crippen LogP contribution is -2.06. The molecule has 0 aromatic carbocycles. The zero-order valence-electron chi connectivity index (χ0n) is 13.9. The van der Waals surface area contributed by atoms with Gasteiger partial charge in [-0.05, 0) is 17.5 Å². The zero-order chi connectivity index (χ0) is 17.2. The fourth-order valence-corrected chi connectivity index (χ4v) is 2.67. The Labute approximate surface area is 143 Å². The second-order valence-corrected chi connectivity index (χ2v) is 5.88. The number of hydrogen-bond acceptors (Lipinski definition) is 7. The first-order chi connectivity index (χ1) is 12.2. The first-order valence-electron chi connectivity index (χ1n) is 7.96. The molecule has 0 fully saturated rings. The minimum atomic E-state index is 0.402. The van der Waals surface area contributed by atoms with Gasteiger partial charge >= 0.3 is 0 Å². The summed E-state index contributed by atoms with van der Waals surface area (Å²) in [4.78, 5) is 17.1. The monoisotopic (exact) mass is 335 g/mol. The lowest BCUT2D eigenvalue weighted by molar-refractivity contribution is 0.822. The van der Waals surface area contributed by atoms with Crippen molar-refractivity contribution in [2.45, 2.75) is 26.3 Å². The highest BCUT2D eigenvalue weighted by Crippen LogP contribution is 2.22. The van der Waals surface area contributed by atoms with E-state index in [1.807, 2.05) is 6.20 Å². The van der Waals surface area contributed by atoms with Gasteiger partial charge in [-0.25, -0.2) is 19.9 Å². The summed E-state index contributed by atoms with van der Waals surface area (Å²) in [5.41, 5.74) is 2.88. The number of hydrogen-bond donors (Lipinski definition) is 2. The number of aromatic nitrogens is 8. The highest BCUT2D eigenvalue weighted by molar-refractivity contribution is 5.86. The summed E-state index contributed by atoms with van der Waals surface area (Å²) in [7, 11) is 0. The second-order valence-electron chi connectivity index (χ2n) is 5.88. The van der Waals surface area contributed by atoms with Gasteiger partial charge in [-0.15, -0.1) is 0 Å². The molecule has 25 heavy (non-hydrogen) atoms. The van der Waals surface area contributed by atoms with E-state index in [1.54, 1.807) is 29.3 Å². The number of aromatic amines is 1. The van der Waals surface area contributed by atoms with Crippen LogP contribution in [0.2, 0.25) is 0 Å². The van der Waals surface area contributed by atoms with Crippen LogP contribution in [0.1, 0.15) is 31.0 Å². The van der Waals surface area contributed by atoms with E-state index in [0.29, 0.717) is 29.9 Å². The van der Waals surface area contributed by atoms with Crippen molar-refractivity contribution >= 4 is 16.9 Å². The Hall–Kier alpha value is -3.36. The van der Waals surface area contributed by atoms with Crippen LogP contribution < -0.4 is 5.32 Å². The fraction of sp³-hybridized carbons (Fsp3) is 0.250. The van der Waals surface area contributed by atoms with E-state index in [4.69, 9.17) is 0 Å². The van der Waals surface area contributed by atoms with Gasteiger partial charge in [-0.1, -0.05) is 13.8 Å². The molecule has 9 heteroatoms. The average molecular weight is 335 g/mol. The molecule has 0 atom stereocenters. The maximum Gasteiger partial charge on any atom is 0.252 e. The molecule has 4 rings (SSSR count). The number of anilines is 1. The number of fused-ring (bicyclic) bond motifs is 1. The van der Waals surface area contributed by atoms with Crippen LogP contribution in [0.3, 0.4) is 0 Å². The van der Waals surface area contributed by atoms with Crippen molar-refractivity contribution in [2.75, 3.05) is 5.32 Å². The second kappa shape index (κ2) is 6.27. The van der Waals surface area contributed by atoms with Crippen LogP contribution in [0.4, 0.5) is 5.82 Å². The highest BCUT2D eigenvalue weighted by Gasteiger charge is 2.14. The van der Waals surface area contributed by atoms with Gasteiger partial charge in [-0.2, -0.15) is 14.9 Å². The Bertz CT molecular complexity index is 987. The molecule has 2 N–H and O–H groups in total. The Morgan fingerprint density at radius 1 is 1.12 bits per heavy atom. The summed E-state index contributed by atoms with van der Waals surface area (Å²) in [6.07, 6.45) is 8.41. The predicted molar refractivity (Wildman–Crippen MR) is 92.3 cm³/mol. The van der Waals surface area contributed by atoms with Gasteiger partial charge < -0.3 is 5.32 Å². The molecule has 0 spiro atoms. The molecule has 0 unspecified atom stereocenters. The van der Waals surface area contributed by atoms with Crippen LogP contribution in [-0.2, 0) is 6.54 Å². The molecule has 4 aromatic heterocycles. The maximum absolute atomic E-state index is 4.35. The molecule has 4 aromatic rings. The van der Waals surface area contributed by atoms with Crippen molar-refractivity contribution in [3.8, 4) is 5.95 Å².